The highest BCUT2D eigenvalue weighted by Gasteiger charge is 2.15. The Morgan fingerprint density at radius 1 is 1.14 bits per heavy atom. The van der Waals surface area contributed by atoms with Crippen LogP contribution in [0.4, 0.5) is 9.52 Å². The second-order valence-corrected chi connectivity index (χ2v) is 7.69. The molecule has 0 aliphatic rings. The van der Waals surface area contributed by atoms with Gasteiger partial charge in [-0.25, -0.2) is 4.39 Å². The molecule has 0 saturated heterocycles. The Morgan fingerprint density at radius 3 is 2.64 bits per heavy atom. The fourth-order valence-corrected chi connectivity index (χ4v) is 3.84. The normalized spacial score (nSPS) is 10.5. The van der Waals surface area contributed by atoms with Gasteiger partial charge in [0.2, 0.25) is 5.13 Å². The number of primary amides is 1. The van der Waals surface area contributed by atoms with Crippen LogP contribution >= 0.6 is 23.1 Å². The maximum Gasteiger partial charge on any atom is 0.261 e. The number of anilines is 1. The second kappa shape index (κ2) is 9.29. The van der Waals surface area contributed by atoms with Gasteiger partial charge in [-0.3, -0.25) is 14.9 Å². The fraction of sp³-hybridized carbons (Fsp3) is 0.111. The number of ether oxygens (including phenoxy) is 1. The summed E-state index contributed by atoms with van der Waals surface area (Å²) in [5.74, 6) is -0.510. The van der Waals surface area contributed by atoms with Gasteiger partial charge >= 0.3 is 0 Å². The molecule has 144 valence electrons. The Hall–Kier alpha value is -2.98. The van der Waals surface area contributed by atoms with Crippen molar-refractivity contribution in [2.24, 2.45) is 5.73 Å². The molecule has 0 saturated carbocycles. The maximum atomic E-state index is 12.9. The first-order valence-corrected chi connectivity index (χ1v) is 9.83. The summed E-state index contributed by atoms with van der Waals surface area (Å²) in [4.78, 5) is 23.4. The number of nitrogens with one attached hydrogen (secondary N) is 1. The first-order valence-electron chi connectivity index (χ1n) is 8.03. The molecule has 3 N–H and O–H groups in total. The standard InChI is InChI=1S/C18H15FN4O3S2/c19-12-7-5-11(6-8-12)10-27-18-23-22-17(28-18)21-16(25)13-3-1-2-4-14(13)26-9-15(20)24/h1-8H,9-10H2,(H2,20,24)(H,21,22,25). The van der Waals surface area contributed by atoms with Crippen molar-refractivity contribution in [1.82, 2.24) is 10.2 Å². The summed E-state index contributed by atoms with van der Waals surface area (Å²) >= 11 is 2.65. The van der Waals surface area contributed by atoms with Gasteiger partial charge in [-0.2, -0.15) is 0 Å². The minimum atomic E-state index is -0.637. The van der Waals surface area contributed by atoms with Crippen molar-refractivity contribution in [1.29, 1.82) is 0 Å². The molecular formula is C18H15FN4O3S2. The third kappa shape index (κ3) is 5.51. The van der Waals surface area contributed by atoms with Crippen molar-refractivity contribution < 1.29 is 18.7 Å². The van der Waals surface area contributed by atoms with Gasteiger partial charge in [0.15, 0.2) is 10.9 Å². The van der Waals surface area contributed by atoms with Gasteiger partial charge in [-0.05, 0) is 29.8 Å². The molecule has 2 aromatic carbocycles. The zero-order valence-corrected chi connectivity index (χ0v) is 16.1. The lowest BCUT2D eigenvalue weighted by Crippen LogP contribution is -2.21. The van der Waals surface area contributed by atoms with Crippen LogP contribution in [0.5, 0.6) is 5.75 Å². The summed E-state index contributed by atoms with van der Waals surface area (Å²) in [7, 11) is 0. The van der Waals surface area contributed by atoms with Crippen LogP contribution in [0.2, 0.25) is 0 Å². The number of hydrogen-bond donors (Lipinski definition) is 2. The van der Waals surface area contributed by atoms with Crippen molar-refractivity contribution in [3.8, 4) is 5.75 Å². The number of halogens is 1. The van der Waals surface area contributed by atoms with E-state index in [1.54, 1.807) is 36.4 Å². The topological polar surface area (TPSA) is 107 Å². The molecule has 0 bridgehead atoms. The van der Waals surface area contributed by atoms with E-state index in [4.69, 9.17) is 10.5 Å². The number of hydrogen-bond acceptors (Lipinski definition) is 7. The molecule has 0 aliphatic carbocycles. The Morgan fingerprint density at radius 2 is 1.89 bits per heavy atom. The molecule has 1 aromatic heterocycles. The number of nitrogens with two attached hydrogens (primary N) is 1. The number of aromatic nitrogens is 2. The van der Waals surface area contributed by atoms with E-state index in [0.29, 0.717) is 15.2 Å². The number of amides is 2. The molecule has 3 rings (SSSR count). The van der Waals surface area contributed by atoms with Gasteiger partial charge in [0.05, 0.1) is 5.56 Å². The second-order valence-electron chi connectivity index (χ2n) is 5.49. The van der Waals surface area contributed by atoms with Crippen LogP contribution in [0.1, 0.15) is 15.9 Å². The highest BCUT2D eigenvalue weighted by atomic mass is 32.2. The van der Waals surface area contributed by atoms with Gasteiger partial charge in [0.25, 0.3) is 11.8 Å². The van der Waals surface area contributed by atoms with Crippen molar-refractivity contribution in [3.05, 3.63) is 65.5 Å². The van der Waals surface area contributed by atoms with Crippen molar-refractivity contribution in [2.45, 2.75) is 10.1 Å². The smallest absolute Gasteiger partial charge is 0.261 e. The summed E-state index contributed by atoms with van der Waals surface area (Å²) < 4.78 is 18.9. The average Bonchev–Trinajstić information content (AvgIpc) is 3.13. The van der Waals surface area contributed by atoms with E-state index >= 15 is 0 Å². The van der Waals surface area contributed by atoms with E-state index in [0.717, 1.165) is 5.56 Å². The molecule has 0 radical (unpaired) electrons. The number of carbonyl (C=O) groups excluding carboxylic acids is 2. The third-order valence-corrected chi connectivity index (χ3v) is 5.45. The lowest BCUT2D eigenvalue weighted by atomic mass is 10.2. The molecule has 0 spiro atoms. The van der Waals surface area contributed by atoms with Crippen LogP contribution < -0.4 is 15.8 Å². The predicted molar refractivity (Wildman–Crippen MR) is 105 cm³/mol. The highest BCUT2D eigenvalue weighted by molar-refractivity contribution is 8.00. The number of carbonyl (C=O) groups is 2. The average molecular weight is 418 g/mol. The molecule has 0 fully saturated rings. The van der Waals surface area contributed by atoms with Crippen molar-refractivity contribution in [2.75, 3.05) is 11.9 Å². The molecule has 7 nitrogen and oxygen atoms in total. The zero-order chi connectivity index (χ0) is 19.9. The summed E-state index contributed by atoms with van der Waals surface area (Å²) in [6, 6.07) is 12.7. The van der Waals surface area contributed by atoms with Crippen LogP contribution in [-0.2, 0) is 10.5 Å². The molecule has 0 atom stereocenters. The van der Waals surface area contributed by atoms with Gasteiger partial charge in [0.1, 0.15) is 11.6 Å². The van der Waals surface area contributed by atoms with Crippen molar-refractivity contribution >= 4 is 40.0 Å². The molecule has 1 heterocycles. The molecule has 10 heteroatoms. The SMILES string of the molecule is NC(=O)COc1ccccc1C(=O)Nc1nnc(SCc2ccc(F)cc2)s1. The lowest BCUT2D eigenvalue weighted by Gasteiger charge is -2.09. The Bertz CT molecular complexity index is 979. The van der Waals surface area contributed by atoms with Crippen molar-refractivity contribution in [3.63, 3.8) is 0 Å². The van der Waals surface area contributed by atoms with Crippen LogP contribution in [0.25, 0.3) is 0 Å². The Labute approximate surface area is 168 Å². The number of rotatable bonds is 8. The van der Waals surface area contributed by atoms with E-state index in [1.165, 1.54) is 35.2 Å². The number of benzene rings is 2. The highest BCUT2D eigenvalue weighted by Crippen LogP contribution is 2.29. The van der Waals surface area contributed by atoms with Gasteiger partial charge < -0.3 is 10.5 Å². The minimum Gasteiger partial charge on any atom is -0.483 e. The lowest BCUT2D eigenvalue weighted by molar-refractivity contribution is -0.119. The Balaban J connectivity index is 1.61. The first-order chi connectivity index (χ1) is 13.5. The van der Waals surface area contributed by atoms with Crippen LogP contribution in [0.3, 0.4) is 0 Å². The molecule has 2 amide bonds. The van der Waals surface area contributed by atoms with Crippen LogP contribution in [0.15, 0.2) is 52.9 Å². The van der Waals surface area contributed by atoms with Gasteiger partial charge in [0, 0.05) is 5.75 Å². The summed E-state index contributed by atoms with van der Waals surface area (Å²) in [5, 5.41) is 11.0. The number of thioether (sulfide) groups is 1. The van der Waals surface area contributed by atoms with Crippen LogP contribution in [0, 0.1) is 5.82 Å². The van der Waals surface area contributed by atoms with E-state index in [1.807, 2.05) is 0 Å². The molecule has 0 unspecified atom stereocenters. The summed E-state index contributed by atoms with van der Waals surface area (Å²) in [6.07, 6.45) is 0. The molecule has 28 heavy (non-hydrogen) atoms. The fourth-order valence-electron chi connectivity index (χ4n) is 2.14. The molecule has 0 aliphatic heterocycles. The van der Waals surface area contributed by atoms with Gasteiger partial charge in [-0.15, -0.1) is 10.2 Å². The third-order valence-electron chi connectivity index (χ3n) is 3.40. The van der Waals surface area contributed by atoms with E-state index in [9.17, 15) is 14.0 Å². The number of para-hydroxylation sites is 1. The van der Waals surface area contributed by atoms with E-state index in [-0.39, 0.29) is 23.7 Å². The summed E-state index contributed by atoms with van der Waals surface area (Å²) in [5.41, 5.74) is 6.27. The molecular weight excluding hydrogens is 403 g/mol. The largest absolute Gasteiger partial charge is 0.483 e. The van der Waals surface area contributed by atoms with E-state index in [2.05, 4.69) is 15.5 Å². The predicted octanol–water partition coefficient (Wildman–Crippen LogP) is 3.09. The maximum absolute atomic E-state index is 12.9. The molecule has 3 aromatic rings. The van der Waals surface area contributed by atoms with Gasteiger partial charge in [-0.1, -0.05) is 47.4 Å². The minimum absolute atomic E-state index is 0.245. The first kappa shape index (κ1) is 19.8. The van der Waals surface area contributed by atoms with E-state index < -0.39 is 11.8 Å². The summed E-state index contributed by atoms with van der Waals surface area (Å²) in [6.45, 7) is -0.326. The quantitative estimate of drug-likeness (QED) is 0.430. The zero-order valence-electron chi connectivity index (χ0n) is 14.4. The Kier molecular flexibility index (Phi) is 6.56. The van der Waals surface area contributed by atoms with Crippen LogP contribution in [-0.4, -0.2) is 28.6 Å². The monoisotopic (exact) mass is 418 g/mol. The number of nitrogens with zero attached hydrogens (tertiary/aromatic N) is 2.